The van der Waals surface area contributed by atoms with E-state index in [-0.39, 0.29) is 35.1 Å². The highest BCUT2D eigenvalue weighted by molar-refractivity contribution is 5.70. The molecule has 2 rings (SSSR count). The Labute approximate surface area is 321 Å². The Hall–Kier alpha value is -1.22. The second-order valence-electron chi connectivity index (χ2n) is 18.4. The molecular weight excluding hydrogens is 652 g/mol. The van der Waals surface area contributed by atoms with Crippen LogP contribution in [-0.4, -0.2) is 69.6 Å². The van der Waals surface area contributed by atoms with E-state index in [1.54, 1.807) is 0 Å². The molecule has 4 unspecified atom stereocenters. The van der Waals surface area contributed by atoms with Gasteiger partial charge < -0.3 is 9.47 Å². The van der Waals surface area contributed by atoms with Crippen LogP contribution in [0.2, 0.25) is 0 Å². The highest BCUT2D eigenvalue weighted by atomic mass is 16.7. The largest absolute Gasteiger partial charge is 0.459 e. The number of unbranched alkanes of at least 4 members (excludes halogenated alkanes) is 15. The van der Waals surface area contributed by atoms with Crippen molar-refractivity contribution in [3.8, 4) is 0 Å². The average molecular weight is 737 g/mol. The van der Waals surface area contributed by atoms with Gasteiger partial charge in [0.1, 0.15) is 11.2 Å². The van der Waals surface area contributed by atoms with Crippen molar-refractivity contribution in [2.24, 2.45) is 0 Å². The molecule has 0 aliphatic carbocycles. The summed E-state index contributed by atoms with van der Waals surface area (Å²) in [7, 11) is 0. The maximum Gasteiger partial charge on any atom is 0.306 e. The van der Waals surface area contributed by atoms with Gasteiger partial charge in [-0.25, -0.2) is 0 Å². The number of esters is 2. The first-order chi connectivity index (χ1) is 24.6. The molecule has 2 fully saturated rings. The van der Waals surface area contributed by atoms with Gasteiger partial charge in [0.25, 0.3) is 0 Å². The molecule has 52 heavy (non-hydrogen) atoms. The first-order valence-electron chi connectivity index (χ1n) is 21.8. The number of ether oxygens (including phenoxy) is 2. The van der Waals surface area contributed by atoms with Crippen LogP contribution in [0.4, 0.5) is 0 Å². The molecule has 2 aliphatic rings. The third kappa shape index (κ3) is 17.5. The standard InChI is InChI=1S/C44H84N2O6/c1-11-13-15-17-23-27-31-49-45-37(3)33-43(9,35-41(45,5)6)51-39(47)29-25-21-19-20-22-26-30-40(48)52-44(10)34-38(4)46(42(7,8)36-44)50-32-28-24-18-16-14-12-2/h37-38H,11-36H2,1-10H3. The highest BCUT2D eigenvalue weighted by Gasteiger charge is 2.49. The van der Waals surface area contributed by atoms with Crippen LogP contribution in [-0.2, 0) is 28.7 Å². The second-order valence-corrected chi connectivity index (χ2v) is 18.4. The van der Waals surface area contributed by atoms with Crippen LogP contribution in [0.25, 0.3) is 0 Å². The van der Waals surface area contributed by atoms with Gasteiger partial charge >= 0.3 is 11.9 Å². The summed E-state index contributed by atoms with van der Waals surface area (Å²) >= 11 is 0. The van der Waals surface area contributed by atoms with Gasteiger partial charge in [-0.15, -0.1) is 0 Å². The normalized spacial score (nSPS) is 26.3. The van der Waals surface area contributed by atoms with E-state index in [1.807, 2.05) is 0 Å². The molecule has 0 radical (unpaired) electrons. The van der Waals surface area contributed by atoms with E-state index < -0.39 is 11.2 Å². The van der Waals surface area contributed by atoms with Crippen molar-refractivity contribution in [1.29, 1.82) is 0 Å². The predicted octanol–water partition coefficient (Wildman–Crippen LogP) is 11.8. The summed E-state index contributed by atoms with van der Waals surface area (Å²) in [6.45, 7) is 23.4. The summed E-state index contributed by atoms with van der Waals surface area (Å²) in [6.07, 6.45) is 24.8. The van der Waals surface area contributed by atoms with E-state index in [0.717, 1.165) is 90.3 Å². The second kappa shape index (κ2) is 23.6. The Morgan fingerprint density at radius 2 is 0.808 bits per heavy atom. The van der Waals surface area contributed by atoms with Gasteiger partial charge in [-0.2, -0.15) is 10.1 Å². The molecule has 0 aromatic carbocycles. The number of carbonyl (C=O) groups is 2. The van der Waals surface area contributed by atoms with Crippen molar-refractivity contribution < 1.29 is 28.7 Å². The fourth-order valence-corrected chi connectivity index (χ4v) is 9.49. The van der Waals surface area contributed by atoms with E-state index in [2.05, 4.69) is 79.4 Å². The first-order valence-corrected chi connectivity index (χ1v) is 21.8. The maximum absolute atomic E-state index is 12.9. The molecule has 8 heteroatoms. The van der Waals surface area contributed by atoms with Gasteiger partial charge in [-0.3, -0.25) is 19.3 Å². The fourth-order valence-electron chi connectivity index (χ4n) is 9.49. The topological polar surface area (TPSA) is 77.5 Å². The zero-order valence-corrected chi connectivity index (χ0v) is 35.9. The summed E-state index contributed by atoms with van der Waals surface area (Å²) in [5.41, 5.74) is -1.35. The average Bonchev–Trinajstić information content (AvgIpc) is 3.02. The van der Waals surface area contributed by atoms with E-state index >= 15 is 0 Å². The van der Waals surface area contributed by atoms with Gasteiger partial charge in [0, 0.05) is 61.7 Å². The van der Waals surface area contributed by atoms with E-state index in [0.29, 0.717) is 12.8 Å². The molecule has 0 amide bonds. The van der Waals surface area contributed by atoms with E-state index in [4.69, 9.17) is 19.1 Å². The van der Waals surface area contributed by atoms with Crippen LogP contribution in [0, 0.1) is 0 Å². The van der Waals surface area contributed by atoms with Gasteiger partial charge in [0.05, 0.1) is 13.2 Å². The molecule has 8 nitrogen and oxygen atoms in total. The molecule has 0 bridgehead atoms. The Bertz CT molecular complexity index is 925. The van der Waals surface area contributed by atoms with Crippen molar-refractivity contribution in [3.63, 3.8) is 0 Å². The van der Waals surface area contributed by atoms with Gasteiger partial charge in [-0.05, 0) is 81.1 Å². The molecular formula is C44H84N2O6. The molecule has 306 valence electrons. The van der Waals surface area contributed by atoms with Crippen molar-refractivity contribution >= 4 is 11.9 Å². The summed E-state index contributed by atoms with van der Waals surface area (Å²) in [5, 5.41) is 4.32. The fraction of sp³-hybridized carbons (Fsp3) is 0.955. The molecule has 2 heterocycles. The van der Waals surface area contributed by atoms with Crippen molar-refractivity contribution in [2.75, 3.05) is 13.2 Å². The van der Waals surface area contributed by atoms with Crippen LogP contribution < -0.4 is 0 Å². The lowest BCUT2D eigenvalue weighted by atomic mass is 9.78. The van der Waals surface area contributed by atoms with Crippen molar-refractivity contribution in [3.05, 3.63) is 0 Å². The minimum atomic E-state index is -0.475. The molecule has 2 saturated heterocycles. The minimum Gasteiger partial charge on any atom is -0.459 e. The third-order valence-corrected chi connectivity index (χ3v) is 11.3. The van der Waals surface area contributed by atoms with E-state index in [9.17, 15) is 9.59 Å². The zero-order valence-electron chi connectivity index (χ0n) is 35.9. The molecule has 0 spiro atoms. The molecule has 2 aliphatic heterocycles. The lowest BCUT2D eigenvalue weighted by Crippen LogP contribution is -2.60. The molecule has 0 saturated carbocycles. The number of hydrogen-bond acceptors (Lipinski definition) is 8. The van der Waals surface area contributed by atoms with Crippen LogP contribution in [0.15, 0.2) is 0 Å². The number of rotatable bonds is 27. The Morgan fingerprint density at radius 3 is 1.13 bits per heavy atom. The summed E-state index contributed by atoms with van der Waals surface area (Å²) in [5.74, 6) is -0.174. The van der Waals surface area contributed by atoms with Crippen LogP contribution >= 0.6 is 0 Å². The van der Waals surface area contributed by atoms with Crippen LogP contribution in [0.1, 0.15) is 223 Å². The maximum atomic E-state index is 12.9. The summed E-state index contributed by atoms with van der Waals surface area (Å²) in [4.78, 5) is 38.3. The van der Waals surface area contributed by atoms with Gasteiger partial charge in [-0.1, -0.05) is 104 Å². The molecule has 4 atom stereocenters. The molecule has 0 N–H and O–H groups in total. The number of carbonyl (C=O) groups excluding carboxylic acids is 2. The quantitative estimate of drug-likeness (QED) is 0.0609. The zero-order chi connectivity index (χ0) is 38.7. The minimum absolute atomic E-state index is 0.0871. The monoisotopic (exact) mass is 737 g/mol. The Balaban J connectivity index is 1.59. The van der Waals surface area contributed by atoms with Crippen molar-refractivity contribution in [2.45, 2.75) is 258 Å². The van der Waals surface area contributed by atoms with Crippen LogP contribution in [0.3, 0.4) is 0 Å². The van der Waals surface area contributed by atoms with Crippen LogP contribution in [0.5, 0.6) is 0 Å². The molecule has 0 aromatic rings. The smallest absolute Gasteiger partial charge is 0.306 e. The first kappa shape index (κ1) is 46.9. The highest BCUT2D eigenvalue weighted by Crippen LogP contribution is 2.42. The van der Waals surface area contributed by atoms with Gasteiger partial charge in [0.15, 0.2) is 0 Å². The lowest BCUT2D eigenvalue weighted by molar-refractivity contribution is -0.277. The van der Waals surface area contributed by atoms with Crippen molar-refractivity contribution in [1.82, 2.24) is 10.1 Å². The summed E-state index contributed by atoms with van der Waals surface area (Å²) in [6, 6.07) is 0.369. The number of piperidine rings is 2. The third-order valence-electron chi connectivity index (χ3n) is 11.3. The SMILES string of the molecule is CCCCCCCCON1C(C)CC(C)(OC(=O)CCCCCCCCC(=O)OC2(C)CC(C)N(OCCCCCCCC)C(C)(C)C2)CC1(C)C. The summed E-state index contributed by atoms with van der Waals surface area (Å²) < 4.78 is 12.3. The molecule has 0 aromatic heterocycles. The van der Waals surface area contributed by atoms with Gasteiger partial charge in [0.2, 0.25) is 0 Å². The Kier molecular flexibility index (Phi) is 21.3. The number of nitrogens with zero attached hydrogens (tertiary/aromatic N) is 2. The predicted molar refractivity (Wildman–Crippen MR) is 214 cm³/mol. The Morgan fingerprint density at radius 1 is 0.500 bits per heavy atom. The number of hydroxylamine groups is 4. The lowest BCUT2D eigenvalue weighted by Gasteiger charge is -2.51. The van der Waals surface area contributed by atoms with E-state index in [1.165, 1.54) is 64.2 Å². The number of hydrogen-bond donors (Lipinski definition) is 0.